The molecule has 13 atom stereocenters. The normalized spacial score (nSPS) is 52.4. The molecule has 0 unspecified atom stereocenters. The van der Waals surface area contributed by atoms with Crippen LogP contribution in [0.2, 0.25) is 0 Å². The number of aliphatic hydroxyl groups excluding tert-OH is 1. The monoisotopic (exact) mass is 491 g/mol. The summed E-state index contributed by atoms with van der Waals surface area (Å²) < 4.78 is 6.18. The Hall–Kier alpha value is -1.39. The fraction of sp³-hybridized carbons (Fsp3) is 0.781. The van der Waals surface area contributed by atoms with E-state index < -0.39 is 6.10 Å². The van der Waals surface area contributed by atoms with Gasteiger partial charge in [0.15, 0.2) is 0 Å². The largest absolute Gasteiger partial charge is 0.497 e. The molecule has 6 aliphatic carbocycles. The summed E-state index contributed by atoms with van der Waals surface area (Å²) in [5.41, 5.74) is 8.32. The minimum atomic E-state index is -0.461. The summed E-state index contributed by atoms with van der Waals surface area (Å²) in [5.74, 6) is 5.69. The first-order valence-corrected chi connectivity index (χ1v) is 15.1. The summed E-state index contributed by atoms with van der Waals surface area (Å²) in [5, 5.41) is 10.6. The lowest BCUT2D eigenvalue weighted by molar-refractivity contribution is -0.112. The Morgan fingerprint density at radius 2 is 1.86 bits per heavy atom. The van der Waals surface area contributed by atoms with E-state index in [-0.39, 0.29) is 23.5 Å². The number of carbonyl (C=O) groups is 1. The Morgan fingerprint density at radius 3 is 2.67 bits per heavy atom. The highest BCUT2D eigenvalue weighted by Crippen LogP contribution is 2.76. The van der Waals surface area contributed by atoms with Crippen molar-refractivity contribution in [3.63, 3.8) is 0 Å². The Morgan fingerprint density at radius 1 is 1.03 bits per heavy atom. The van der Waals surface area contributed by atoms with Crippen LogP contribution in [0.4, 0.5) is 0 Å². The summed E-state index contributed by atoms with van der Waals surface area (Å²) in [6.45, 7) is 4.61. The van der Waals surface area contributed by atoms with Crippen molar-refractivity contribution in [1.29, 1.82) is 0 Å². The van der Waals surface area contributed by atoms with Gasteiger partial charge >= 0.3 is 0 Å². The second kappa shape index (κ2) is 8.83. The molecule has 0 spiro atoms. The van der Waals surface area contributed by atoms with Crippen molar-refractivity contribution < 1.29 is 14.6 Å². The van der Waals surface area contributed by atoms with E-state index in [1.807, 2.05) is 0 Å². The van der Waals surface area contributed by atoms with Gasteiger partial charge in [-0.15, -0.1) is 0 Å². The van der Waals surface area contributed by atoms with Crippen LogP contribution in [0, 0.1) is 64.6 Å². The molecule has 4 heteroatoms. The van der Waals surface area contributed by atoms with E-state index >= 15 is 0 Å². The smallest absolute Gasteiger partial charge is 0.137 e. The van der Waals surface area contributed by atoms with Gasteiger partial charge in [0, 0.05) is 17.3 Å². The molecular formula is C32H45NO3. The lowest BCUT2D eigenvalue weighted by Crippen LogP contribution is -2.50. The average Bonchev–Trinajstić information content (AvgIpc) is 3.20. The molecule has 36 heavy (non-hydrogen) atoms. The molecular weight excluding hydrogens is 446 g/mol. The summed E-state index contributed by atoms with van der Waals surface area (Å²) >= 11 is 0. The third-order valence-corrected chi connectivity index (χ3v) is 12.7. The molecule has 0 bridgehead atoms. The first-order valence-electron chi connectivity index (χ1n) is 15.1. The SMILES string of the molecule is C=C1CC[C@@H]2[C@H]([C@@H]3C[C@@H](C4CCCC4)C[C@H]13)[C@@]2([C@H]1CC[C@@H]2C=C[C@H]3[C@@H](OC=C[C@@H]3O)[C@@H]2C1)[C@@H](N)C=O. The van der Waals surface area contributed by atoms with E-state index in [9.17, 15) is 9.90 Å². The van der Waals surface area contributed by atoms with Crippen LogP contribution in [0.1, 0.15) is 70.6 Å². The number of rotatable bonds is 4. The zero-order valence-electron chi connectivity index (χ0n) is 21.7. The van der Waals surface area contributed by atoms with Gasteiger partial charge in [0.25, 0.3) is 0 Å². The van der Waals surface area contributed by atoms with Crippen LogP contribution in [-0.2, 0) is 9.53 Å². The standard InChI is InChI=1S/C32H45NO3/c1-18-6-11-27-30(26-15-21(14-24(18)26)19-4-2-3-5-19)32(27,29(33)17-34)22-9-7-20-8-10-23-28(35)12-13-36-31(23)25(20)16-22/h8,10,12-13,17,19-31,35H,1-7,9,11,14-16,33H2/t20-,21+,22+,23-,24-,25-,26-,27-,28+,29+,30+,31-,32-/m1/s1. The molecule has 3 N–H and O–H groups in total. The summed E-state index contributed by atoms with van der Waals surface area (Å²) in [6, 6.07) is -0.362. The molecule has 0 aromatic heterocycles. The number of carbonyl (C=O) groups excluding carboxylic acids is 1. The van der Waals surface area contributed by atoms with E-state index in [2.05, 4.69) is 18.7 Å². The molecule has 0 aromatic carbocycles. The third-order valence-electron chi connectivity index (χ3n) is 12.7. The van der Waals surface area contributed by atoms with Gasteiger partial charge in [0.1, 0.15) is 12.4 Å². The highest BCUT2D eigenvalue weighted by molar-refractivity contribution is 5.61. The van der Waals surface area contributed by atoms with Gasteiger partial charge in [-0.1, -0.05) is 50.0 Å². The van der Waals surface area contributed by atoms with Gasteiger partial charge in [-0.2, -0.15) is 0 Å². The van der Waals surface area contributed by atoms with E-state index in [0.29, 0.717) is 41.4 Å². The second-order valence-corrected chi connectivity index (χ2v) is 13.8. The number of allylic oxidation sites excluding steroid dienone is 2. The van der Waals surface area contributed by atoms with Crippen LogP contribution in [-0.4, -0.2) is 29.6 Å². The van der Waals surface area contributed by atoms with Crippen molar-refractivity contribution in [2.24, 2.45) is 70.3 Å². The predicted octanol–water partition coefficient (Wildman–Crippen LogP) is 5.42. The zero-order chi connectivity index (χ0) is 24.6. The summed E-state index contributed by atoms with van der Waals surface area (Å²) in [6.07, 6.45) is 22.8. The molecule has 0 aromatic rings. The summed E-state index contributed by atoms with van der Waals surface area (Å²) in [7, 11) is 0. The molecule has 0 saturated heterocycles. The maximum Gasteiger partial charge on any atom is 0.137 e. The van der Waals surface area contributed by atoms with Gasteiger partial charge < -0.3 is 20.4 Å². The lowest BCUT2D eigenvalue weighted by Gasteiger charge is -2.48. The number of aliphatic hydroxyl groups is 1. The van der Waals surface area contributed by atoms with Crippen molar-refractivity contribution in [3.8, 4) is 0 Å². The third kappa shape index (κ3) is 3.35. The number of ether oxygens (including phenoxy) is 1. The average molecular weight is 492 g/mol. The second-order valence-electron chi connectivity index (χ2n) is 13.8. The highest BCUT2D eigenvalue weighted by atomic mass is 16.5. The van der Waals surface area contributed by atoms with Crippen LogP contribution in [0.15, 0.2) is 36.6 Å². The number of hydrogen-bond donors (Lipinski definition) is 2. The first-order chi connectivity index (χ1) is 17.5. The van der Waals surface area contributed by atoms with Crippen molar-refractivity contribution in [2.45, 2.75) is 88.9 Å². The van der Waals surface area contributed by atoms with Gasteiger partial charge in [-0.3, -0.25) is 0 Å². The van der Waals surface area contributed by atoms with Crippen LogP contribution in [0.25, 0.3) is 0 Å². The maximum absolute atomic E-state index is 12.4. The van der Waals surface area contributed by atoms with E-state index in [1.165, 1.54) is 56.9 Å². The number of nitrogens with two attached hydrogens (primary N) is 1. The Balaban J connectivity index is 1.19. The molecule has 0 amide bonds. The number of hydrogen-bond acceptors (Lipinski definition) is 4. The Kier molecular flexibility index (Phi) is 5.82. The van der Waals surface area contributed by atoms with Crippen LogP contribution in [0.5, 0.6) is 0 Å². The molecule has 1 heterocycles. The van der Waals surface area contributed by atoms with Crippen LogP contribution >= 0.6 is 0 Å². The molecule has 7 aliphatic rings. The highest BCUT2D eigenvalue weighted by Gasteiger charge is 2.74. The minimum Gasteiger partial charge on any atom is -0.497 e. The predicted molar refractivity (Wildman–Crippen MR) is 140 cm³/mol. The summed E-state index contributed by atoms with van der Waals surface area (Å²) in [4.78, 5) is 12.4. The van der Waals surface area contributed by atoms with Crippen molar-refractivity contribution in [3.05, 3.63) is 36.6 Å². The molecule has 4 nitrogen and oxygen atoms in total. The Bertz CT molecular complexity index is 951. The first kappa shape index (κ1) is 23.7. The topological polar surface area (TPSA) is 72.6 Å². The zero-order valence-corrected chi connectivity index (χ0v) is 21.7. The van der Waals surface area contributed by atoms with Crippen molar-refractivity contribution in [1.82, 2.24) is 0 Å². The van der Waals surface area contributed by atoms with Crippen molar-refractivity contribution >= 4 is 6.29 Å². The number of aldehydes is 1. The van der Waals surface area contributed by atoms with Gasteiger partial charge in [-0.25, -0.2) is 0 Å². The molecule has 196 valence electrons. The minimum absolute atomic E-state index is 0.0410. The van der Waals surface area contributed by atoms with Crippen molar-refractivity contribution in [2.75, 3.05) is 0 Å². The molecule has 7 rings (SSSR count). The molecule has 5 fully saturated rings. The quantitative estimate of drug-likeness (QED) is 0.407. The fourth-order valence-corrected chi connectivity index (χ4v) is 11.2. The van der Waals surface area contributed by atoms with E-state index in [0.717, 1.165) is 37.4 Å². The lowest BCUT2D eigenvalue weighted by atomic mass is 9.60. The fourth-order valence-electron chi connectivity index (χ4n) is 11.2. The molecule has 5 saturated carbocycles. The van der Waals surface area contributed by atoms with Crippen LogP contribution < -0.4 is 5.73 Å². The van der Waals surface area contributed by atoms with Crippen LogP contribution in [0.3, 0.4) is 0 Å². The molecule has 1 aliphatic heterocycles. The van der Waals surface area contributed by atoms with E-state index in [1.54, 1.807) is 12.3 Å². The Labute approximate surface area is 216 Å². The number of fused-ring (bicyclic) bond motifs is 6. The van der Waals surface area contributed by atoms with Gasteiger partial charge in [0.2, 0.25) is 0 Å². The maximum atomic E-state index is 12.4. The van der Waals surface area contributed by atoms with Gasteiger partial charge in [-0.05, 0) is 98.4 Å². The molecule has 0 radical (unpaired) electrons. The van der Waals surface area contributed by atoms with Gasteiger partial charge in [0.05, 0.1) is 18.4 Å². The van der Waals surface area contributed by atoms with E-state index in [4.69, 9.17) is 10.5 Å².